The van der Waals surface area contributed by atoms with E-state index in [1.807, 2.05) is 11.1 Å². The van der Waals surface area contributed by atoms with Crippen LogP contribution in [-0.4, -0.2) is 52.3 Å². The van der Waals surface area contributed by atoms with E-state index in [1.165, 1.54) is 6.66 Å². The summed E-state index contributed by atoms with van der Waals surface area (Å²) < 4.78 is 28.2. The largest absolute Gasteiger partial charge is 0.504 e. The molecule has 2 saturated heterocycles. The second-order valence-electron chi connectivity index (χ2n) is 5.34. The summed E-state index contributed by atoms with van der Waals surface area (Å²) in [6.07, 6.45) is -1.33. The van der Waals surface area contributed by atoms with Crippen molar-refractivity contribution in [2.75, 3.05) is 19.9 Å². The number of aromatic amines is 1. The number of nitrogens with one attached hydrogen (secondary N) is 1. The Balaban J connectivity index is 2.05. The molecule has 2 aliphatic heterocycles. The van der Waals surface area contributed by atoms with Gasteiger partial charge in [0.05, 0.1) is 6.61 Å². The molecule has 0 aliphatic carbocycles. The Labute approximate surface area is 130 Å². The number of H-pyrrole nitrogens is 1. The highest BCUT2D eigenvalue weighted by molar-refractivity contribution is 7.38. The van der Waals surface area contributed by atoms with Crippen molar-refractivity contribution in [3.05, 3.63) is 33.1 Å². The molecular formula is C12H13N3O7P+. The lowest BCUT2D eigenvalue weighted by Gasteiger charge is -2.34. The Kier molecular flexibility index (Phi) is 3.71. The molecule has 122 valence electrons. The molecule has 23 heavy (non-hydrogen) atoms. The number of nitriles is 1. The van der Waals surface area contributed by atoms with Crippen LogP contribution in [0.1, 0.15) is 0 Å². The van der Waals surface area contributed by atoms with Gasteiger partial charge in [-0.05, 0) is 4.57 Å². The molecular weight excluding hydrogens is 329 g/mol. The van der Waals surface area contributed by atoms with Crippen molar-refractivity contribution in [3.8, 4) is 6.07 Å². The van der Waals surface area contributed by atoms with Crippen molar-refractivity contribution in [2.45, 2.75) is 23.5 Å². The monoisotopic (exact) mass is 342 g/mol. The van der Waals surface area contributed by atoms with Gasteiger partial charge in [-0.1, -0.05) is 0 Å². The fourth-order valence-electron chi connectivity index (χ4n) is 2.83. The van der Waals surface area contributed by atoms with Gasteiger partial charge in [0.15, 0.2) is 12.3 Å². The van der Waals surface area contributed by atoms with Crippen molar-refractivity contribution in [1.82, 2.24) is 9.55 Å². The van der Waals surface area contributed by atoms with E-state index in [9.17, 15) is 24.5 Å². The maximum absolute atomic E-state index is 12.0. The van der Waals surface area contributed by atoms with Crippen LogP contribution in [0.3, 0.4) is 0 Å². The van der Waals surface area contributed by atoms with Gasteiger partial charge in [0.2, 0.25) is 0 Å². The quantitative estimate of drug-likeness (QED) is 0.638. The predicted octanol–water partition coefficient (Wildman–Crippen LogP) is -1.37. The maximum Gasteiger partial charge on any atom is 0.504 e. The van der Waals surface area contributed by atoms with Gasteiger partial charge in [0.25, 0.3) is 11.3 Å². The van der Waals surface area contributed by atoms with E-state index in [4.69, 9.17) is 14.0 Å². The standard InChI is InChI=1S/C12H12N3O7P/c1-23(19)21-6-11-5-20-9(8(11)17)12(4-13,22-11)15-3-2-7(16)14-10(15)18/h2-3,8-9,17H,5-6H2,1H3/p+1/t8-,9+,11+,12+/m0/s1. The third-order valence-corrected chi connectivity index (χ3v) is 4.40. The number of aromatic nitrogens is 2. The molecule has 0 aromatic carbocycles. The smallest absolute Gasteiger partial charge is 0.387 e. The van der Waals surface area contributed by atoms with Gasteiger partial charge in [0, 0.05) is 12.3 Å². The lowest BCUT2D eigenvalue weighted by atomic mass is 9.98. The number of nitrogens with zero attached hydrogens (tertiary/aromatic N) is 2. The summed E-state index contributed by atoms with van der Waals surface area (Å²) in [5, 5.41) is 20.0. The number of aliphatic hydroxyl groups excluding tert-OH is 1. The van der Waals surface area contributed by atoms with Crippen LogP contribution in [0.25, 0.3) is 0 Å². The zero-order valence-corrected chi connectivity index (χ0v) is 12.9. The van der Waals surface area contributed by atoms with Crippen LogP contribution < -0.4 is 11.2 Å². The van der Waals surface area contributed by atoms with Gasteiger partial charge in [-0.3, -0.25) is 14.3 Å². The summed E-state index contributed by atoms with van der Waals surface area (Å²) in [6.45, 7) is 0.992. The SMILES string of the molecule is C[P+](=O)OC[C@]12CO[C@H]([C@@H]1O)[C@](C#N)(n1ccc(=O)[nH]c1=O)O2. The van der Waals surface area contributed by atoms with Crippen LogP contribution >= 0.6 is 8.03 Å². The van der Waals surface area contributed by atoms with Crippen molar-refractivity contribution in [2.24, 2.45) is 0 Å². The summed E-state index contributed by atoms with van der Waals surface area (Å²) in [4.78, 5) is 25.2. The second-order valence-corrected chi connectivity index (χ2v) is 6.48. The average Bonchev–Trinajstić information content (AvgIpc) is 2.94. The Bertz CT molecular complexity index is 814. The van der Waals surface area contributed by atoms with E-state index in [0.29, 0.717) is 0 Å². The van der Waals surface area contributed by atoms with E-state index in [2.05, 4.69) is 0 Å². The van der Waals surface area contributed by atoms with Crippen LogP contribution in [0.5, 0.6) is 0 Å². The first kappa shape index (κ1) is 16.0. The molecule has 10 nitrogen and oxygen atoms in total. The third-order valence-electron chi connectivity index (χ3n) is 3.91. The highest BCUT2D eigenvalue weighted by atomic mass is 31.1. The van der Waals surface area contributed by atoms with Gasteiger partial charge < -0.3 is 14.6 Å². The van der Waals surface area contributed by atoms with Crippen LogP contribution in [0, 0.1) is 11.3 Å². The Morgan fingerprint density at radius 2 is 2.39 bits per heavy atom. The second kappa shape index (κ2) is 5.33. The van der Waals surface area contributed by atoms with E-state index < -0.39 is 42.8 Å². The molecule has 11 heteroatoms. The lowest BCUT2D eigenvalue weighted by Crippen LogP contribution is -2.54. The maximum atomic E-state index is 12.0. The molecule has 0 spiro atoms. The van der Waals surface area contributed by atoms with Crippen LogP contribution in [0.4, 0.5) is 0 Å². The number of hydrogen-bond donors (Lipinski definition) is 2. The molecule has 3 rings (SSSR count). The first-order valence-electron chi connectivity index (χ1n) is 6.62. The Morgan fingerprint density at radius 1 is 1.65 bits per heavy atom. The molecule has 2 bridgehead atoms. The van der Waals surface area contributed by atoms with Crippen LogP contribution in [0.15, 0.2) is 21.9 Å². The van der Waals surface area contributed by atoms with Crippen molar-refractivity contribution in [3.63, 3.8) is 0 Å². The van der Waals surface area contributed by atoms with Crippen molar-refractivity contribution < 1.29 is 23.7 Å². The number of aliphatic hydroxyl groups is 1. The minimum atomic E-state index is -1.96. The number of rotatable bonds is 4. The van der Waals surface area contributed by atoms with E-state index >= 15 is 0 Å². The number of hydrogen-bond acceptors (Lipinski definition) is 8. The summed E-state index contributed by atoms with van der Waals surface area (Å²) >= 11 is 0. The molecule has 5 atom stereocenters. The van der Waals surface area contributed by atoms with Gasteiger partial charge >= 0.3 is 13.7 Å². The summed E-state index contributed by atoms with van der Waals surface area (Å²) in [5.41, 5.74) is -4.89. The molecule has 3 heterocycles. The Morgan fingerprint density at radius 3 is 3.00 bits per heavy atom. The topological polar surface area (TPSA) is 144 Å². The minimum Gasteiger partial charge on any atom is -0.387 e. The molecule has 2 aliphatic rings. The van der Waals surface area contributed by atoms with Crippen molar-refractivity contribution >= 4 is 8.03 Å². The fraction of sp³-hybridized carbons (Fsp3) is 0.583. The Hall–Kier alpha value is -1.89. The fourth-order valence-corrected chi connectivity index (χ4v) is 3.23. The van der Waals surface area contributed by atoms with Gasteiger partial charge in [-0.2, -0.15) is 5.26 Å². The zero-order chi connectivity index (χ0) is 16.8. The van der Waals surface area contributed by atoms with Gasteiger partial charge in [0.1, 0.15) is 24.9 Å². The molecule has 0 radical (unpaired) electrons. The first-order chi connectivity index (χ1) is 10.8. The molecule has 1 unspecified atom stereocenters. The molecule has 2 fully saturated rings. The normalized spacial score (nSPS) is 36.0. The predicted molar refractivity (Wildman–Crippen MR) is 74.0 cm³/mol. The van der Waals surface area contributed by atoms with Crippen LogP contribution in [-0.2, 0) is 24.3 Å². The average molecular weight is 342 g/mol. The first-order valence-corrected chi connectivity index (χ1v) is 8.24. The highest BCUT2D eigenvalue weighted by Gasteiger charge is 2.71. The van der Waals surface area contributed by atoms with Gasteiger partial charge in [-0.25, -0.2) is 4.79 Å². The molecule has 0 saturated carbocycles. The van der Waals surface area contributed by atoms with E-state index in [0.717, 1.165) is 16.8 Å². The van der Waals surface area contributed by atoms with Crippen molar-refractivity contribution in [1.29, 1.82) is 5.26 Å². The molecule has 1 aromatic rings. The third kappa shape index (κ3) is 2.25. The van der Waals surface area contributed by atoms with E-state index in [-0.39, 0.29) is 13.2 Å². The summed E-state index contributed by atoms with van der Waals surface area (Å²) in [7, 11) is -1.95. The summed E-state index contributed by atoms with van der Waals surface area (Å²) in [5.74, 6) is 0. The van der Waals surface area contributed by atoms with Gasteiger partial charge in [-0.15, -0.1) is 4.52 Å². The molecule has 0 amide bonds. The van der Waals surface area contributed by atoms with E-state index in [1.54, 1.807) is 0 Å². The van der Waals surface area contributed by atoms with Crippen LogP contribution in [0.2, 0.25) is 0 Å². The zero-order valence-electron chi connectivity index (χ0n) is 12.0. The minimum absolute atomic E-state index is 0.0798. The molecule has 2 N–H and O–H groups in total. The summed E-state index contributed by atoms with van der Waals surface area (Å²) in [6, 6.07) is 2.88. The lowest BCUT2D eigenvalue weighted by molar-refractivity contribution is -0.222. The molecule has 1 aromatic heterocycles. The number of ether oxygens (including phenoxy) is 2. The highest BCUT2D eigenvalue weighted by Crippen LogP contribution is 2.48. The number of fused-ring (bicyclic) bond motifs is 2.